The summed E-state index contributed by atoms with van der Waals surface area (Å²) in [6.45, 7) is -0.822. The number of amidine groups is 1. The Bertz CT molecular complexity index is 1180. The zero-order chi connectivity index (χ0) is 21.1. The van der Waals surface area contributed by atoms with Crippen molar-refractivity contribution in [2.75, 3.05) is 13.7 Å². The minimum Gasteiger partial charge on any atom is -0.301 e. The second kappa shape index (κ2) is 8.19. The number of nitrogens with zero attached hydrogens (tertiary/aromatic N) is 3. The third-order valence-corrected chi connectivity index (χ3v) is 5.34. The third-order valence-electron chi connectivity index (χ3n) is 4.39. The first kappa shape index (κ1) is 20.0. The van der Waals surface area contributed by atoms with Gasteiger partial charge in [0.2, 0.25) is 6.20 Å². The lowest BCUT2D eigenvalue weighted by Gasteiger charge is -2.10. The fraction of sp³-hybridized carbons (Fsp3) is 0.143. The molecule has 0 saturated carbocycles. The molecule has 1 aliphatic rings. The van der Waals surface area contributed by atoms with Gasteiger partial charge in [0.15, 0.2) is 5.17 Å². The van der Waals surface area contributed by atoms with Gasteiger partial charge in [-0.25, -0.2) is 0 Å². The number of amides is 1. The van der Waals surface area contributed by atoms with E-state index in [1.807, 2.05) is 30.3 Å². The van der Waals surface area contributed by atoms with E-state index in [2.05, 4.69) is 15.3 Å². The molecule has 1 N–H and O–H groups in total. The molecular weight excluding hydrogens is 410 g/mol. The number of aromatic nitrogens is 2. The maximum Gasteiger partial charge on any atom is 0.353 e. The number of fused-ring (bicyclic) bond motifs is 1. The van der Waals surface area contributed by atoms with Crippen molar-refractivity contribution in [2.45, 2.75) is 5.92 Å². The normalized spacial score (nSPS) is 17.0. The number of aliphatic imine (C=N–C) groups is 1. The van der Waals surface area contributed by atoms with Crippen LogP contribution < -0.4 is 14.9 Å². The zero-order valence-electron chi connectivity index (χ0n) is 15.9. The van der Waals surface area contributed by atoms with Crippen molar-refractivity contribution >= 4 is 39.8 Å². The number of rotatable bonds is 5. The number of thioether (sulfide) groups is 1. The number of carbonyl (C=O) groups excluding carboxylic acids is 1. The fourth-order valence-corrected chi connectivity index (χ4v) is 3.78. The zero-order valence-corrected chi connectivity index (χ0v) is 16.7. The van der Waals surface area contributed by atoms with Crippen LogP contribution in [-0.2, 0) is 10.7 Å². The van der Waals surface area contributed by atoms with Crippen molar-refractivity contribution < 1.29 is 23.1 Å². The lowest BCUT2D eigenvalue weighted by atomic mass is 10.1. The van der Waals surface area contributed by atoms with Crippen LogP contribution in [0, 0.1) is 0 Å². The second-order valence-electron chi connectivity index (χ2n) is 6.44. The van der Waals surface area contributed by atoms with E-state index in [-0.39, 0.29) is 16.8 Å². The lowest BCUT2D eigenvalue weighted by molar-refractivity contribution is -0.894. The molecule has 2 aromatic heterocycles. The molecule has 0 radical (unpaired) electrons. The Labute approximate surface area is 175 Å². The molecular formula is C21H17F2N4O2S+. The molecule has 1 amide bonds. The average molecular weight is 427 g/mol. The van der Waals surface area contributed by atoms with Gasteiger partial charge in [-0.1, -0.05) is 12.1 Å². The van der Waals surface area contributed by atoms with Gasteiger partial charge in [0.25, 0.3) is 5.91 Å². The van der Waals surface area contributed by atoms with E-state index in [1.54, 1.807) is 18.3 Å². The van der Waals surface area contributed by atoms with Crippen LogP contribution in [-0.4, -0.2) is 29.7 Å². The Morgan fingerprint density at radius 2 is 2.13 bits per heavy atom. The molecule has 0 atom stereocenters. The highest BCUT2D eigenvalue weighted by atomic mass is 32.2. The first-order valence-corrected chi connectivity index (χ1v) is 9.81. The molecule has 9 heteroatoms. The molecule has 1 fully saturated rings. The molecule has 6 nitrogen and oxygen atoms in total. The topological polar surface area (TPSA) is 67.5 Å². The summed E-state index contributed by atoms with van der Waals surface area (Å²) in [6.07, 6.45) is 4.80. The molecule has 0 bridgehead atoms. The summed E-state index contributed by atoms with van der Waals surface area (Å²) < 4.78 is 30.2. The van der Waals surface area contributed by atoms with Gasteiger partial charge in [-0.2, -0.15) is 8.78 Å². The minimum atomic E-state index is -3.27. The highest BCUT2D eigenvalue weighted by molar-refractivity contribution is 8.18. The monoisotopic (exact) mass is 427 g/mol. The maximum atomic E-state index is 14.6. The van der Waals surface area contributed by atoms with E-state index in [0.717, 1.165) is 33.0 Å². The smallest absolute Gasteiger partial charge is 0.301 e. The van der Waals surface area contributed by atoms with Gasteiger partial charge in [-0.3, -0.25) is 19.6 Å². The molecule has 1 aromatic carbocycles. The molecule has 3 aromatic rings. The largest absolute Gasteiger partial charge is 0.353 e. The molecule has 1 aliphatic heterocycles. The van der Waals surface area contributed by atoms with E-state index in [9.17, 15) is 13.6 Å². The number of pyridine rings is 2. The summed E-state index contributed by atoms with van der Waals surface area (Å²) in [6, 6.07) is 13.7. The number of hydrogen-bond donors (Lipinski definition) is 1. The van der Waals surface area contributed by atoms with Crippen LogP contribution in [0.3, 0.4) is 0 Å². The van der Waals surface area contributed by atoms with Gasteiger partial charge in [-0.05, 0) is 47.7 Å². The van der Waals surface area contributed by atoms with Gasteiger partial charge >= 0.3 is 11.6 Å². The Balaban J connectivity index is 1.52. The molecule has 1 saturated heterocycles. The molecule has 152 valence electrons. The van der Waals surface area contributed by atoms with Crippen molar-refractivity contribution in [1.82, 2.24) is 10.3 Å². The highest BCUT2D eigenvalue weighted by Crippen LogP contribution is 2.29. The molecule has 0 spiro atoms. The number of benzene rings is 1. The third kappa shape index (κ3) is 4.16. The second-order valence-corrected chi connectivity index (χ2v) is 7.47. The number of nitrogens with one attached hydrogen (secondary N) is 1. The SMILES string of the molecule is CO[n+]1ccccc1C(F)(F)CN=C1NC(=O)/C(=C/c2ccc3ncccc3c2)S1. The number of halogens is 2. The quantitative estimate of drug-likeness (QED) is 0.502. The highest BCUT2D eigenvalue weighted by Gasteiger charge is 2.42. The van der Waals surface area contributed by atoms with Crippen LogP contribution in [0.4, 0.5) is 8.78 Å². The Morgan fingerprint density at radius 3 is 2.97 bits per heavy atom. The summed E-state index contributed by atoms with van der Waals surface area (Å²) in [5.74, 6) is -3.65. The van der Waals surface area contributed by atoms with E-state index in [0.29, 0.717) is 4.91 Å². The molecule has 0 aliphatic carbocycles. The van der Waals surface area contributed by atoms with Crippen molar-refractivity contribution in [3.8, 4) is 0 Å². The van der Waals surface area contributed by atoms with Crippen LogP contribution in [0.5, 0.6) is 0 Å². The van der Waals surface area contributed by atoms with E-state index >= 15 is 0 Å². The summed E-state index contributed by atoms with van der Waals surface area (Å²) in [4.78, 5) is 25.7. The molecule has 3 heterocycles. The predicted octanol–water partition coefficient (Wildman–Crippen LogP) is 2.93. The van der Waals surface area contributed by atoms with Gasteiger partial charge in [0, 0.05) is 28.4 Å². The number of hydrogen-bond acceptors (Lipinski definition) is 5. The average Bonchev–Trinajstić information content (AvgIpc) is 3.11. The summed E-state index contributed by atoms with van der Waals surface area (Å²) in [5.41, 5.74) is 1.33. The van der Waals surface area contributed by atoms with Crippen molar-refractivity contribution in [3.05, 3.63) is 77.1 Å². The van der Waals surface area contributed by atoms with Crippen LogP contribution in [0.1, 0.15) is 11.3 Å². The van der Waals surface area contributed by atoms with Gasteiger partial charge in [0.1, 0.15) is 13.7 Å². The number of alkyl halides is 2. The minimum absolute atomic E-state index is 0.133. The van der Waals surface area contributed by atoms with E-state index < -0.39 is 12.5 Å². The summed E-state index contributed by atoms with van der Waals surface area (Å²) in [7, 11) is 1.30. The van der Waals surface area contributed by atoms with Gasteiger partial charge in [-0.15, -0.1) is 0 Å². The van der Waals surface area contributed by atoms with Crippen molar-refractivity contribution in [3.63, 3.8) is 0 Å². The number of carbonyl (C=O) groups is 1. The van der Waals surface area contributed by atoms with E-state index in [4.69, 9.17) is 4.84 Å². The fourth-order valence-electron chi connectivity index (χ4n) is 2.96. The summed E-state index contributed by atoms with van der Waals surface area (Å²) in [5, 5.41) is 3.61. The summed E-state index contributed by atoms with van der Waals surface area (Å²) >= 11 is 1.03. The van der Waals surface area contributed by atoms with Crippen molar-refractivity contribution in [1.29, 1.82) is 0 Å². The van der Waals surface area contributed by atoms with E-state index in [1.165, 1.54) is 25.4 Å². The van der Waals surface area contributed by atoms with Crippen LogP contribution in [0.25, 0.3) is 17.0 Å². The standard InChI is InChI=1S/C21H16F2N4O2S/c1-29-27-10-3-2-6-18(27)21(22,23)13-25-20-26-19(28)17(30-20)12-14-7-8-16-15(11-14)5-4-9-24-16/h2-12H,13H2,1H3/p+1/b17-12-. The first-order chi connectivity index (χ1) is 14.5. The van der Waals surface area contributed by atoms with Crippen LogP contribution in [0.2, 0.25) is 0 Å². The first-order valence-electron chi connectivity index (χ1n) is 9.00. The molecule has 4 rings (SSSR count). The lowest BCUT2D eigenvalue weighted by Crippen LogP contribution is -2.48. The molecule has 30 heavy (non-hydrogen) atoms. The molecule has 0 unspecified atom stereocenters. The Kier molecular flexibility index (Phi) is 5.45. The Hall–Kier alpha value is -3.33. The van der Waals surface area contributed by atoms with Crippen LogP contribution in [0.15, 0.2) is 70.8 Å². The van der Waals surface area contributed by atoms with Crippen molar-refractivity contribution in [2.24, 2.45) is 4.99 Å². The van der Waals surface area contributed by atoms with Crippen LogP contribution >= 0.6 is 11.8 Å². The van der Waals surface area contributed by atoms with Gasteiger partial charge < -0.3 is 5.32 Å². The predicted molar refractivity (Wildman–Crippen MR) is 111 cm³/mol. The maximum absolute atomic E-state index is 14.6. The van der Waals surface area contributed by atoms with Gasteiger partial charge in [0.05, 0.1) is 10.4 Å². The Morgan fingerprint density at radius 1 is 1.27 bits per heavy atom.